The van der Waals surface area contributed by atoms with Crippen LogP contribution in [0.15, 0.2) is 4.99 Å². The Bertz CT molecular complexity index is 81.0. The summed E-state index contributed by atoms with van der Waals surface area (Å²) in [4.78, 5) is 3.93. The van der Waals surface area contributed by atoms with Gasteiger partial charge in [-0.25, -0.2) is 0 Å². The van der Waals surface area contributed by atoms with E-state index < -0.39 is 8.07 Å². The molecule has 0 bridgehead atoms. The highest BCUT2D eigenvalue weighted by Gasteiger charge is 2.09. The minimum Gasteiger partial charge on any atom is -0.301 e. The summed E-state index contributed by atoms with van der Waals surface area (Å²) in [6, 6.07) is 1.21. The van der Waals surface area contributed by atoms with Crippen molar-refractivity contribution in [3.05, 3.63) is 0 Å². The molecule has 48 valence electrons. The lowest BCUT2D eigenvalue weighted by Crippen LogP contribution is -2.19. The van der Waals surface area contributed by atoms with Crippen LogP contribution in [-0.4, -0.2) is 21.3 Å². The zero-order valence-electron chi connectivity index (χ0n) is 6.23. The molecule has 0 amide bonds. The lowest BCUT2D eigenvalue weighted by molar-refractivity contribution is 1.44. The van der Waals surface area contributed by atoms with Gasteiger partial charge in [0.2, 0.25) is 0 Å². The van der Waals surface area contributed by atoms with Crippen molar-refractivity contribution in [2.75, 3.05) is 7.05 Å². The molecule has 2 heteroatoms. The predicted molar refractivity (Wildman–Crippen MR) is 42.6 cm³/mol. The predicted octanol–water partition coefficient (Wildman–Crippen LogP) is 2.03. The Morgan fingerprint density at radius 2 is 1.88 bits per heavy atom. The molecule has 0 saturated carbocycles. The van der Waals surface area contributed by atoms with Gasteiger partial charge in [0.15, 0.2) is 0 Å². The first-order chi connectivity index (χ1) is 3.56. The van der Waals surface area contributed by atoms with Crippen molar-refractivity contribution in [2.45, 2.75) is 25.7 Å². The standard InChI is InChI=1S/C6H15NSi/c1-7-5-6-8(2,3)4/h5H,6H2,1-4H3/b7-5-. The first kappa shape index (κ1) is 7.89. The van der Waals surface area contributed by atoms with Crippen molar-refractivity contribution < 1.29 is 0 Å². The summed E-state index contributed by atoms with van der Waals surface area (Å²) in [6.07, 6.45) is 2.02. The average molecular weight is 129 g/mol. The van der Waals surface area contributed by atoms with E-state index in [2.05, 4.69) is 24.6 Å². The fourth-order valence-corrected chi connectivity index (χ4v) is 1.10. The minimum atomic E-state index is -0.827. The summed E-state index contributed by atoms with van der Waals surface area (Å²) in [5.74, 6) is 0. The topological polar surface area (TPSA) is 12.4 Å². The van der Waals surface area contributed by atoms with Crippen molar-refractivity contribution >= 4 is 14.3 Å². The van der Waals surface area contributed by atoms with E-state index >= 15 is 0 Å². The van der Waals surface area contributed by atoms with Crippen LogP contribution in [0.25, 0.3) is 0 Å². The van der Waals surface area contributed by atoms with Crippen LogP contribution in [0, 0.1) is 0 Å². The molecule has 0 fully saturated rings. The van der Waals surface area contributed by atoms with Gasteiger partial charge in [-0.1, -0.05) is 19.6 Å². The minimum absolute atomic E-state index is 0.827. The van der Waals surface area contributed by atoms with Crippen molar-refractivity contribution in [3.8, 4) is 0 Å². The second-order valence-corrected chi connectivity index (χ2v) is 8.74. The van der Waals surface area contributed by atoms with Gasteiger partial charge in [-0.15, -0.1) is 0 Å². The van der Waals surface area contributed by atoms with Crippen molar-refractivity contribution in [3.63, 3.8) is 0 Å². The third kappa shape index (κ3) is 5.89. The summed E-state index contributed by atoms with van der Waals surface area (Å²) in [6.45, 7) is 7.03. The van der Waals surface area contributed by atoms with E-state index in [1.807, 2.05) is 13.3 Å². The van der Waals surface area contributed by atoms with E-state index in [9.17, 15) is 0 Å². The number of hydrogen-bond acceptors (Lipinski definition) is 1. The third-order valence-corrected chi connectivity index (χ3v) is 2.29. The Kier molecular flexibility index (Phi) is 2.98. The second-order valence-electron chi connectivity index (χ2n) is 3.21. The molecule has 8 heavy (non-hydrogen) atoms. The fourth-order valence-electron chi connectivity index (χ4n) is 0.365. The molecular formula is C6H15NSi. The highest BCUT2D eigenvalue weighted by atomic mass is 28.3. The first-order valence-electron chi connectivity index (χ1n) is 2.97. The quantitative estimate of drug-likeness (QED) is 0.399. The smallest absolute Gasteiger partial charge is 0.0498 e. The average Bonchev–Trinajstić information content (AvgIpc) is 1.59. The van der Waals surface area contributed by atoms with Gasteiger partial charge in [0.25, 0.3) is 0 Å². The molecule has 0 heterocycles. The molecule has 0 rings (SSSR count). The van der Waals surface area contributed by atoms with Gasteiger partial charge in [0.1, 0.15) is 0 Å². The van der Waals surface area contributed by atoms with E-state index in [1.54, 1.807) is 0 Å². The van der Waals surface area contributed by atoms with Crippen LogP contribution in [0.5, 0.6) is 0 Å². The molecule has 0 atom stereocenters. The third-order valence-electron chi connectivity index (χ3n) is 0.886. The Morgan fingerprint density at radius 3 is 2.00 bits per heavy atom. The summed E-state index contributed by atoms with van der Waals surface area (Å²) < 4.78 is 0. The van der Waals surface area contributed by atoms with Crippen LogP contribution in [-0.2, 0) is 0 Å². The maximum atomic E-state index is 3.93. The van der Waals surface area contributed by atoms with Gasteiger partial charge in [-0.3, -0.25) is 0 Å². The maximum absolute atomic E-state index is 3.93. The molecule has 0 spiro atoms. The Hall–Kier alpha value is -0.113. The maximum Gasteiger partial charge on any atom is 0.0498 e. The van der Waals surface area contributed by atoms with Crippen LogP contribution in [0.1, 0.15) is 0 Å². The van der Waals surface area contributed by atoms with E-state index in [1.165, 1.54) is 6.04 Å². The van der Waals surface area contributed by atoms with Gasteiger partial charge in [0.05, 0.1) is 0 Å². The molecule has 0 saturated heterocycles. The van der Waals surface area contributed by atoms with E-state index in [4.69, 9.17) is 0 Å². The second kappa shape index (κ2) is 3.02. The molecule has 0 N–H and O–H groups in total. The van der Waals surface area contributed by atoms with Gasteiger partial charge >= 0.3 is 0 Å². The van der Waals surface area contributed by atoms with Crippen LogP contribution < -0.4 is 0 Å². The Labute approximate surface area is 52.8 Å². The molecule has 0 aliphatic heterocycles. The molecular weight excluding hydrogens is 114 g/mol. The van der Waals surface area contributed by atoms with Crippen LogP contribution in [0.4, 0.5) is 0 Å². The Morgan fingerprint density at radius 1 is 1.38 bits per heavy atom. The zero-order chi connectivity index (χ0) is 6.62. The number of nitrogens with zero attached hydrogens (tertiary/aromatic N) is 1. The lowest BCUT2D eigenvalue weighted by Gasteiger charge is -2.10. The monoisotopic (exact) mass is 129 g/mol. The number of aliphatic imine (C=N–C) groups is 1. The van der Waals surface area contributed by atoms with E-state index in [0.29, 0.717) is 0 Å². The van der Waals surface area contributed by atoms with Gasteiger partial charge in [-0.05, 0) is 12.3 Å². The van der Waals surface area contributed by atoms with Crippen molar-refractivity contribution in [1.29, 1.82) is 0 Å². The highest BCUT2D eigenvalue weighted by Crippen LogP contribution is 2.04. The SMILES string of the molecule is C/N=C\C[Si](C)(C)C. The van der Waals surface area contributed by atoms with Crippen LogP contribution in [0.2, 0.25) is 25.7 Å². The van der Waals surface area contributed by atoms with Crippen molar-refractivity contribution in [1.82, 2.24) is 0 Å². The number of hydrogen-bond donors (Lipinski definition) is 0. The number of rotatable bonds is 2. The molecule has 0 aromatic heterocycles. The summed E-state index contributed by atoms with van der Waals surface area (Å²) in [5, 5.41) is 0. The first-order valence-corrected chi connectivity index (χ1v) is 6.67. The van der Waals surface area contributed by atoms with E-state index in [-0.39, 0.29) is 0 Å². The molecule has 0 radical (unpaired) electrons. The Balaban J connectivity index is 3.39. The summed E-state index contributed by atoms with van der Waals surface area (Å²) in [7, 11) is 1.01. The summed E-state index contributed by atoms with van der Waals surface area (Å²) >= 11 is 0. The van der Waals surface area contributed by atoms with Gasteiger partial charge < -0.3 is 4.99 Å². The molecule has 0 aliphatic carbocycles. The molecule has 0 aliphatic rings. The largest absolute Gasteiger partial charge is 0.301 e. The van der Waals surface area contributed by atoms with Crippen molar-refractivity contribution in [2.24, 2.45) is 4.99 Å². The van der Waals surface area contributed by atoms with Gasteiger partial charge in [0, 0.05) is 15.1 Å². The van der Waals surface area contributed by atoms with Crippen LogP contribution >= 0.6 is 0 Å². The fraction of sp³-hybridized carbons (Fsp3) is 0.833. The molecule has 0 aromatic rings. The van der Waals surface area contributed by atoms with E-state index in [0.717, 1.165) is 0 Å². The van der Waals surface area contributed by atoms with Crippen LogP contribution in [0.3, 0.4) is 0 Å². The lowest BCUT2D eigenvalue weighted by atomic mass is 10.9. The zero-order valence-corrected chi connectivity index (χ0v) is 7.23. The highest BCUT2D eigenvalue weighted by molar-refractivity contribution is 6.78. The molecule has 0 aromatic carbocycles. The normalized spacial score (nSPS) is 13.0. The van der Waals surface area contributed by atoms with Gasteiger partial charge in [-0.2, -0.15) is 0 Å². The molecule has 1 nitrogen and oxygen atoms in total. The summed E-state index contributed by atoms with van der Waals surface area (Å²) in [5.41, 5.74) is 0. The molecule has 0 unspecified atom stereocenters.